The van der Waals surface area contributed by atoms with Crippen LogP contribution in [0.1, 0.15) is 34.8 Å². The predicted molar refractivity (Wildman–Crippen MR) is 130 cm³/mol. The van der Waals surface area contributed by atoms with Crippen LogP contribution >= 0.6 is 11.3 Å². The minimum absolute atomic E-state index is 0.0938. The lowest BCUT2D eigenvalue weighted by atomic mass is 10.0. The normalized spacial score (nSPS) is 12.2. The Bertz CT molecular complexity index is 1220. The highest BCUT2D eigenvalue weighted by Gasteiger charge is 2.18. The van der Waals surface area contributed by atoms with Crippen LogP contribution in [0.4, 0.5) is 5.82 Å². The van der Waals surface area contributed by atoms with Crippen LogP contribution < -0.4 is 15.4 Å². The molecule has 31 heavy (non-hydrogen) atoms. The van der Waals surface area contributed by atoms with Gasteiger partial charge in [0, 0.05) is 16.3 Å². The Balaban J connectivity index is 1.70. The number of fused-ring (bicyclic) bond motifs is 1. The minimum atomic E-state index is 0.0938. The zero-order valence-corrected chi connectivity index (χ0v) is 19.4. The second-order valence-corrected chi connectivity index (χ2v) is 8.77. The summed E-state index contributed by atoms with van der Waals surface area (Å²) in [6.45, 7) is 7.13. The van der Waals surface area contributed by atoms with E-state index in [1.54, 1.807) is 7.11 Å². The predicted octanol–water partition coefficient (Wildman–Crippen LogP) is 5.88. The molecule has 0 fully saturated rings. The molecular formula is C25H28N4OS. The number of rotatable bonds is 7. The van der Waals surface area contributed by atoms with Crippen molar-refractivity contribution in [2.24, 2.45) is 0 Å². The number of hydrogen-bond donors (Lipinski definition) is 2. The smallest absolute Gasteiger partial charge is 0.141 e. The maximum absolute atomic E-state index is 5.59. The number of aryl methyl sites for hydroxylation is 2. The molecule has 160 valence electrons. The standard InChI is InChI=1S/C25H28N4OS/c1-15-13-22(31-24(15)19-10-7-6-9-18(19)14-26-4)16(2)27-25-23-20(28-17(3)29-25)11-8-12-21(23)30-5/h6-13,16,26H,14H2,1-5H3,(H,27,28,29). The molecule has 0 amide bonds. The van der Waals surface area contributed by atoms with E-state index in [4.69, 9.17) is 9.72 Å². The average molecular weight is 433 g/mol. The Labute approximate surface area is 187 Å². The summed E-state index contributed by atoms with van der Waals surface area (Å²) in [4.78, 5) is 11.9. The molecule has 2 N–H and O–H groups in total. The van der Waals surface area contributed by atoms with Crippen LogP contribution in [0, 0.1) is 13.8 Å². The van der Waals surface area contributed by atoms with E-state index in [0.29, 0.717) is 0 Å². The quantitative estimate of drug-likeness (QED) is 0.382. The van der Waals surface area contributed by atoms with Crippen LogP contribution in [0.3, 0.4) is 0 Å². The molecule has 6 heteroatoms. The highest BCUT2D eigenvalue weighted by molar-refractivity contribution is 7.15. The summed E-state index contributed by atoms with van der Waals surface area (Å²) < 4.78 is 5.59. The van der Waals surface area contributed by atoms with Crippen molar-refractivity contribution in [3.63, 3.8) is 0 Å². The van der Waals surface area contributed by atoms with Crippen LogP contribution in [0.5, 0.6) is 5.75 Å². The van der Waals surface area contributed by atoms with Gasteiger partial charge in [0.25, 0.3) is 0 Å². The number of hydrogen-bond acceptors (Lipinski definition) is 6. The maximum Gasteiger partial charge on any atom is 0.141 e. The largest absolute Gasteiger partial charge is 0.496 e. The van der Waals surface area contributed by atoms with Gasteiger partial charge in [0.2, 0.25) is 0 Å². The molecule has 0 saturated heterocycles. The second-order valence-electron chi connectivity index (χ2n) is 7.69. The first-order chi connectivity index (χ1) is 15.0. The zero-order chi connectivity index (χ0) is 22.0. The van der Waals surface area contributed by atoms with Gasteiger partial charge in [-0.3, -0.25) is 0 Å². The Hall–Kier alpha value is -2.96. The van der Waals surface area contributed by atoms with Crippen LogP contribution in [-0.2, 0) is 6.54 Å². The number of nitrogens with one attached hydrogen (secondary N) is 2. The van der Waals surface area contributed by atoms with E-state index < -0.39 is 0 Å². The second kappa shape index (κ2) is 9.04. The fraction of sp³-hybridized carbons (Fsp3) is 0.280. The number of aromatic nitrogens is 2. The Morgan fingerprint density at radius 1 is 1.06 bits per heavy atom. The van der Waals surface area contributed by atoms with Crippen molar-refractivity contribution >= 4 is 28.1 Å². The molecule has 5 nitrogen and oxygen atoms in total. The van der Waals surface area contributed by atoms with Crippen molar-refractivity contribution in [3.8, 4) is 16.2 Å². The number of ether oxygens (including phenoxy) is 1. The molecule has 2 aromatic heterocycles. The van der Waals surface area contributed by atoms with Crippen molar-refractivity contribution < 1.29 is 4.74 Å². The Morgan fingerprint density at radius 3 is 2.65 bits per heavy atom. The minimum Gasteiger partial charge on any atom is -0.496 e. The van der Waals surface area contributed by atoms with E-state index in [0.717, 1.165) is 34.8 Å². The molecule has 1 atom stereocenters. The van der Waals surface area contributed by atoms with Gasteiger partial charge < -0.3 is 15.4 Å². The number of anilines is 1. The molecule has 0 saturated carbocycles. The average Bonchev–Trinajstić information content (AvgIpc) is 3.15. The van der Waals surface area contributed by atoms with Crippen LogP contribution in [0.2, 0.25) is 0 Å². The van der Waals surface area contributed by atoms with Crippen LogP contribution in [-0.4, -0.2) is 24.1 Å². The summed E-state index contributed by atoms with van der Waals surface area (Å²) in [5, 5.41) is 7.80. The highest BCUT2D eigenvalue weighted by atomic mass is 32.1. The first-order valence-corrected chi connectivity index (χ1v) is 11.2. The summed E-state index contributed by atoms with van der Waals surface area (Å²) in [6.07, 6.45) is 0. The SMILES string of the molecule is CNCc1ccccc1-c1sc(C(C)Nc2nc(C)nc3cccc(OC)c23)cc1C. The first kappa shape index (κ1) is 21.3. The summed E-state index contributed by atoms with van der Waals surface area (Å²) in [6, 6.07) is 16.9. The number of nitrogens with zero attached hydrogens (tertiary/aromatic N) is 2. The Morgan fingerprint density at radius 2 is 1.87 bits per heavy atom. The van der Waals surface area contributed by atoms with E-state index in [9.17, 15) is 0 Å². The molecule has 0 aliphatic carbocycles. The fourth-order valence-electron chi connectivity index (χ4n) is 3.89. The monoisotopic (exact) mass is 432 g/mol. The molecule has 0 spiro atoms. The van der Waals surface area contributed by atoms with Crippen LogP contribution in [0.15, 0.2) is 48.5 Å². The summed E-state index contributed by atoms with van der Waals surface area (Å²) in [7, 11) is 3.66. The molecule has 0 aliphatic rings. The first-order valence-electron chi connectivity index (χ1n) is 10.4. The topological polar surface area (TPSA) is 59.1 Å². The van der Waals surface area contributed by atoms with E-state index in [1.807, 2.05) is 43.5 Å². The van der Waals surface area contributed by atoms with Gasteiger partial charge in [-0.2, -0.15) is 0 Å². The van der Waals surface area contributed by atoms with Gasteiger partial charge in [0.05, 0.1) is 24.1 Å². The molecule has 2 aromatic carbocycles. The van der Waals surface area contributed by atoms with Gasteiger partial charge in [-0.05, 0) is 62.7 Å². The molecular weight excluding hydrogens is 404 g/mol. The summed E-state index contributed by atoms with van der Waals surface area (Å²) >= 11 is 1.83. The lowest BCUT2D eigenvalue weighted by Crippen LogP contribution is -2.09. The van der Waals surface area contributed by atoms with E-state index in [-0.39, 0.29) is 6.04 Å². The van der Waals surface area contributed by atoms with Gasteiger partial charge >= 0.3 is 0 Å². The van der Waals surface area contributed by atoms with E-state index in [1.165, 1.54) is 26.4 Å². The molecule has 0 aliphatic heterocycles. The third-order valence-electron chi connectivity index (χ3n) is 5.36. The number of benzene rings is 2. The van der Waals surface area contributed by atoms with Crippen molar-refractivity contribution in [1.82, 2.24) is 15.3 Å². The summed E-state index contributed by atoms with van der Waals surface area (Å²) in [5.74, 6) is 2.31. The van der Waals surface area contributed by atoms with E-state index in [2.05, 4.69) is 59.8 Å². The van der Waals surface area contributed by atoms with Gasteiger partial charge in [0.1, 0.15) is 17.4 Å². The van der Waals surface area contributed by atoms with Gasteiger partial charge in [-0.15, -0.1) is 11.3 Å². The van der Waals surface area contributed by atoms with E-state index >= 15 is 0 Å². The molecule has 4 aromatic rings. The maximum atomic E-state index is 5.59. The highest BCUT2D eigenvalue weighted by Crippen LogP contribution is 2.39. The fourth-order valence-corrected chi connectivity index (χ4v) is 5.13. The lowest BCUT2D eigenvalue weighted by Gasteiger charge is -2.16. The van der Waals surface area contributed by atoms with Gasteiger partial charge in [-0.25, -0.2) is 9.97 Å². The van der Waals surface area contributed by atoms with Crippen molar-refractivity contribution in [2.45, 2.75) is 33.4 Å². The lowest BCUT2D eigenvalue weighted by molar-refractivity contribution is 0.419. The number of methoxy groups -OCH3 is 1. The Kier molecular flexibility index (Phi) is 6.20. The third kappa shape index (κ3) is 4.27. The van der Waals surface area contributed by atoms with Crippen molar-refractivity contribution in [2.75, 3.05) is 19.5 Å². The molecule has 0 radical (unpaired) electrons. The van der Waals surface area contributed by atoms with Gasteiger partial charge in [-0.1, -0.05) is 30.3 Å². The van der Waals surface area contributed by atoms with Gasteiger partial charge in [0.15, 0.2) is 0 Å². The molecule has 2 heterocycles. The zero-order valence-electron chi connectivity index (χ0n) is 18.6. The molecule has 0 bridgehead atoms. The summed E-state index contributed by atoms with van der Waals surface area (Å²) in [5.41, 5.74) is 4.77. The molecule has 1 unspecified atom stereocenters. The third-order valence-corrected chi connectivity index (χ3v) is 6.82. The van der Waals surface area contributed by atoms with Crippen LogP contribution in [0.25, 0.3) is 21.3 Å². The molecule has 4 rings (SSSR count). The van der Waals surface area contributed by atoms with Crippen molar-refractivity contribution in [3.05, 3.63) is 70.4 Å². The van der Waals surface area contributed by atoms with Crippen molar-refractivity contribution in [1.29, 1.82) is 0 Å². The number of thiophene rings is 1.